The monoisotopic (exact) mass is 325 g/mol. The SMILES string of the molecule is C[C@H](CCc1cccn1C)N[C@@H]1CCN([C@@H](C)c2ccccc2)C1. The first-order valence-corrected chi connectivity index (χ1v) is 9.28. The largest absolute Gasteiger partial charge is 0.354 e. The molecule has 2 heterocycles. The molecule has 0 bridgehead atoms. The molecule has 1 aromatic heterocycles. The quantitative estimate of drug-likeness (QED) is 0.836. The molecule has 0 aliphatic carbocycles. The van der Waals surface area contributed by atoms with Gasteiger partial charge in [0.15, 0.2) is 0 Å². The second-order valence-electron chi connectivity index (χ2n) is 7.28. The van der Waals surface area contributed by atoms with Crippen molar-refractivity contribution in [2.75, 3.05) is 13.1 Å². The number of benzene rings is 1. The van der Waals surface area contributed by atoms with Gasteiger partial charge in [0.2, 0.25) is 0 Å². The number of rotatable bonds is 7. The third-order valence-corrected chi connectivity index (χ3v) is 5.45. The molecule has 1 fully saturated rings. The molecule has 0 unspecified atom stereocenters. The second-order valence-corrected chi connectivity index (χ2v) is 7.28. The summed E-state index contributed by atoms with van der Waals surface area (Å²) in [5, 5.41) is 3.85. The first kappa shape index (κ1) is 17.2. The van der Waals surface area contributed by atoms with E-state index < -0.39 is 0 Å². The Hall–Kier alpha value is -1.58. The molecule has 0 saturated carbocycles. The lowest BCUT2D eigenvalue weighted by Crippen LogP contribution is -2.39. The van der Waals surface area contributed by atoms with E-state index in [2.05, 4.69) is 84.3 Å². The van der Waals surface area contributed by atoms with Crippen LogP contribution in [0.4, 0.5) is 0 Å². The van der Waals surface area contributed by atoms with Crippen LogP contribution in [0.5, 0.6) is 0 Å². The Morgan fingerprint density at radius 1 is 1.12 bits per heavy atom. The Morgan fingerprint density at radius 3 is 2.62 bits per heavy atom. The summed E-state index contributed by atoms with van der Waals surface area (Å²) in [5.74, 6) is 0. The van der Waals surface area contributed by atoms with Crippen LogP contribution in [0.1, 0.15) is 44.0 Å². The van der Waals surface area contributed by atoms with Crippen molar-refractivity contribution in [3.05, 3.63) is 59.9 Å². The molecule has 130 valence electrons. The molecule has 1 aromatic carbocycles. The van der Waals surface area contributed by atoms with Gasteiger partial charge in [0.25, 0.3) is 0 Å². The molecule has 3 rings (SSSR count). The molecule has 0 spiro atoms. The minimum Gasteiger partial charge on any atom is -0.354 e. The number of nitrogens with zero attached hydrogens (tertiary/aromatic N) is 2. The summed E-state index contributed by atoms with van der Waals surface area (Å²) in [4.78, 5) is 2.61. The van der Waals surface area contributed by atoms with E-state index in [0.717, 1.165) is 13.0 Å². The number of likely N-dealkylation sites (tertiary alicyclic amines) is 1. The molecule has 1 aliphatic rings. The van der Waals surface area contributed by atoms with Crippen LogP contribution < -0.4 is 5.32 Å². The van der Waals surface area contributed by atoms with Gasteiger partial charge in [0, 0.05) is 50.2 Å². The van der Waals surface area contributed by atoms with Crippen LogP contribution in [0.25, 0.3) is 0 Å². The zero-order valence-corrected chi connectivity index (χ0v) is 15.3. The van der Waals surface area contributed by atoms with Crippen molar-refractivity contribution in [2.45, 2.75) is 51.2 Å². The first-order chi connectivity index (χ1) is 11.6. The predicted molar refractivity (Wildman–Crippen MR) is 101 cm³/mol. The van der Waals surface area contributed by atoms with E-state index in [4.69, 9.17) is 0 Å². The fraction of sp³-hybridized carbons (Fsp3) is 0.524. The molecule has 24 heavy (non-hydrogen) atoms. The van der Waals surface area contributed by atoms with Crippen LogP contribution in [0.2, 0.25) is 0 Å². The van der Waals surface area contributed by atoms with E-state index in [1.807, 2.05) is 0 Å². The molecule has 0 radical (unpaired) electrons. The van der Waals surface area contributed by atoms with Gasteiger partial charge < -0.3 is 9.88 Å². The van der Waals surface area contributed by atoms with Gasteiger partial charge in [-0.3, -0.25) is 4.90 Å². The first-order valence-electron chi connectivity index (χ1n) is 9.28. The third kappa shape index (κ3) is 4.28. The maximum absolute atomic E-state index is 3.85. The molecule has 3 atom stereocenters. The molecule has 0 amide bonds. The minimum absolute atomic E-state index is 0.511. The molecule has 3 nitrogen and oxygen atoms in total. The fourth-order valence-electron chi connectivity index (χ4n) is 3.82. The highest BCUT2D eigenvalue weighted by Crippen LogP contribution is 2.24. The molecular weight excluding hydrogens is 294 g/mol. The number of aromatic nitrogens is 1. The summed E-state index contributed by atoms with van der Waals surface area (Å²) < 4.78 is 2.23. The van der Waals surface area contributed by atoms with Crippen LogP contribution in [0.15, 0.2) is 48.7 Å². The molecule has 1 saturated heterocycles. The zero-order chi connectivity index (χ0) is 16.9. The number of hydrogen-bond donors (Lipinski definition) is 1. The molecule has 2 aromatic rings. The van der Waals surface area contributed by atoms with Crippen molar-refractivity contribution in [2.24, 2.45) is 7.05 Å². The van der Waals surface area contributed by atoms with Crippen molar-refractivity contribution in [3.8, 4) is 0 Å². The Morgan fingerprint density at radius 2 is 1.92 bits per heavy atom. The van der Waals surface area contributed by atoms with Crippen molar-refractivity contribution < 1.29 is 0 Å². The van der Waals surface area contributed by atoms with Crippen molar-refractivity contribution in [1.29, 1.82) is 0 Å². The van der Waals surface area contributed by atoms with Gasteiger partial charge in [-0.1, -0.05) is 30.3 Å². The molecule has 1 aliphatic heterocycles. The summed E-state index contributed by atoms with van der Waals surface area (Å²) in [6, 6.07) is 16.9. The molecular formula is C21H31N3. The summed E-state index contributed by atoms with van der Waals surface area (Å²) in [6.45, 7) is 7.01. The van der Waals surface area contributed by atoms with Crippen molar-refractivity contribution in [1.82, 2.24) is 14.8 Å². The highest BCUT2D eigenvalue weighted by molar-refractivity contribution is 5.18. The standard InChI is InChI=1S/C21H31N3/c1-17(11-12-21-10-7-14-23(21)3)22-20-13-15-24(16-20)18(2)19-8-5-4-6-9-19/h4-10,14,17-18,20,22H,11-13,15-16H2,1-3H3/t17-,18+,20-/m1/s1. The predicted octanol–water partition coefficient (Wildman–Crippen LogP) is 3.77. The van der Waals surface area contributed by atoms with Gasteiger partial charge in [-0.2, -0.15) is 0 Å². The molecule has 1 N–H and O–H groups in total. The highest BCUT2D eigenvalue weighted by atomic mass is 15.2. The van der Waals surface area contributed by atoms with Gasteiger partial charge in [0.05, 0.1) is 0 Å². The Labute approximate surface area is 146 Å². The van der Waals surface area contributed by atoms with Gasteiger partial charge >= 0.3 is 0 Å². The van der Waals surface area contributed by atoms with E-state index in [-0.39, 0.29) is 0 Å². The Kier molecular flexibility index (Phi) is 5.75. The van der Waals surface area contributed by atoms with Crippen LogP contribution in [-0.4, -0.2) is 34.6 Å². The van der Waals surface area contributed by atoms with E-state index >= 15 is 0 Å². The summed E-state index contributed by atoms with van der Waals surface area (Å²) >= 11 is 0. The van der Waals surface area contributed by atoms with Gasteiger partial charge in [0.1, 0.15) is 0 Å². The van der Waals surface area contributed by atoms with Gasteiger partial charge in [-0.25, -0.2) is 0 Å². The number of aryl methyl sites for hydroxylation is 2. The van der Waals surface area contributed by atoms with Crippen molar-refractivity contribution in [3.63, 3.8) is 0 Å². The zero-order valence-electron chi connectivity index (χ0n) is 15.3. The van der Waals surface area contributed by atoms with Crippen LogP contribution >= 0.6 is 0 Å². The lowest BCUT2D eigenvalue weighted by molar-refractivity contribution is 0.253. The van der Waals surface area contributed by atoms with E-state index in [1.165, 1.54) is 30.6 Å². The lowest BCUT2D eigenvalue weighted by Gasteiger charge is -2.25. The minimum atomic E-state index is 0.511. The average Bonchev–Trinajstić information content (AvgIpc) is 3.22. The maximum Gasteiger partial charge on any atom is 0.0320 e. The van der Waals surface area contributed by atoms with Crippen LogP contribution in [0.3, 0.4) is 0 Å². The number of nitrogens with one attached hydrogen (secondary N) is 1. The van der Waals surface area contributed by atoms with Crippen LogP contribution in [0, 0.1) is 0 Å². The Balaban J connectivity index is 1.45. The lowest BCUT2D eigenvalue weighted by atomic mass is 10.1. The smallest absolute Gasteiger partial charge is 0.0320 e. The van der Waals surface area contributed by atoms with Crippen LogP contribution in [-0.2, 0) is 13.5 Å². The fourth-order valence-corrected chi connectivity index (χ4v) is 3.82. The van der Waals surface area contributed by atoms with Gasteiger partial charge in [-0.15, -0.1) is 0 Å². The second kappa shape index (κ2) is 8.00. The highest BCUT2D eigenvalue weighted by Gasteiger charge is 2.27. The van der Waals surface area contributed by atoms with E-state index in [9.17, 15) is 0 Å². The molecule has 3 heteroatoms. The van der Waals surface area contributed by atoms with E-state index in [0.29, 0.717) is 18.1 Å². The van der Waals surface area contributed by atoms with Gasteiger partial charge in [-0.05, 0) is 50.8 Å². The van der Waals surface area contributed by atoms with Crippen molar-refractivity contribution >= 4 is 0 Å². The summed E-state index contributed by atoms with van der Waals surface area (Å²) in [7, 11) is 2.13. The third-order valence-electron chi connectivity index (χ3n) is 5.45. The van der Waals surface area contributed by atoms with E-state index in [1.54, 1.807) is 0 Å². The summed E-state index contributed by atoms with van der Waals surface area (Å²) in [5.41, 5.74) is 2.85. The Bertz CT molecular complexity index is 619. The topological polar surface area (TPSA) is 20.2 Å². The summed E-state index contributed by atoms with van der Waals surface area (Å²) in [6.07, 6.45) is 5.73. The normalized spacial score (nSPS) is 21.0. The average molecular weight is 326 g/mol. The number of hydrogen-bond acceptors (Lipinski definition) is 2. The maximum atomic E-state index is 3.85.